The Balaban J connectivity index is -0.00000102. The van der Waals surface area contributed by atoms with E-state index in [0.717, 1.165) is 18.7 Å². The Bertz CT molecular complexity index is 303. The summed E-state index contributed by atoms with van der Waals surface area (Å²) >= 11 is 0. The van der Waals surface area contributed by atoms with Crippen LogP contribution in [0.4, 0.5) is 0 Å². The monoisotopic (exact) mass is 380 g/mol. The van der Waals surface area contributed by atoms with Crippen LogP contribution >= 0.6 is 21.6 Å². The molecule has 6 heteroatoms. The molecule has 0 aromatic carbocycles. The van der Waals surface area contributed by atoms with Crippen LogP contribution in [0.25, 0.3) is 0 Å². The molecule has 0 saturated heterocycles. The fourth-order valence-corrected chi connectivity index (χ4v) is 4.78. The van der Waals surface area contributed by atoms with Crippen LogP contribution in [0.15, 0.2) is 11.9 Å². The SMILES string of the molecule is CC.CC.CN(C)CCSSC(C)(C)CC(C)(C)N/C=C(\N)CN. The van der Waals surface area contributed by atoms with Crippen molar-refractivity contribution in [1.82, 2.24) is 10.2 Å². The number of hydrogen-bond acceptors (Lipinski definition) is 6. The minimum atomic E-state index is -0.00159. The Morgan fingerprint density at radius 3 is 2.00 bits per heavy atom. The molecule has 0 aliphatic heterocycles. The molecule has 0 radical (unpaired) electrons. The topological polar surface area (TPSA) is 67.3 Å². The third-order valence-corrected chi connectivity index (χ3v) is 5.93. The van der Waals surface area contributed by atoms with Crippen molar-refractivity contribution in [2.24, 2.45) is 11.5 Å². The van der Waals surface area contributed by atoms with Gasteiger partial charge < -0.3 is 21.7 Å². The van der Waals surface area contributed by atoms with Crippen LogP contribution in [0.1, 0.15) is 61.8 Å². The van der Waals surface area contributed by atoms with Crippen molar-refractivity contribution in [3.63, 3.8) is 0 Å². The van der Waals surface area contributed by atoms with E-state index in [1.165, 1.54) is 0 Å². The van der Waals surface area contributed by atoms with E-state index < -0.39 is 0 Å². The molecule has 0 atom stereocenters. The van der Waals surface area contributed by atoms with Gasteiger partial charge in [-0.2, -0.15) is 0 Å². The van der Waals surface area contributed by atoms with Gasteiger partial charge in [-0.25, -0.2) is 0 Å². The zero-order chi connectivity index (χ0) is 19.8. The van der Waals surface area contributed by atoms with Gasteiger partial charge in [0.1, 0.15) is 0 Å². The molecule has 0 heterocycles. The lowest BCUT2D eigenvalue weighted by Gasteiger charge is -2.34. The first kappa shape index (κ1) is 28.8. The molecule has 0 bridgehead atoms. The van der Waals surface area contributed by atoms with Crippen LogP contribution in [-0.4, -0.2) is 48.1 Å². The minimum Gasteiger partial charge on any atom is -0.400 e. The molecule has 24 heavy (non-hydrogen) atoms. The number of rotatable bonds is 10. The van der Waals surface area contributed by atoms with Crippen LogP contribution in [-0.2, 0) is 0 Å². The lowest BCUT2D eigenvalue weighted by molar-refractivity contribution is 0.371. The van der Waals surface area contributed by atoms with Crippen molar-refractivity contribution < 1.29 is 0 Å². The van der Waals surface area contributed by atoms with Crippen molar-refractivity contribution in [1.29, 1.82) is 0 Å². The van der Waals surface area contributed by atoms with Gasteiger partial charge in [-0.3, -0.25) is 0 Å². The molecule has 0 aliphatic rings. The summed E-state index contributed by atoms with van der Waals surface area (Å²) in [7, 11) is 8.12. The summed E-state index contributed by atoms with van der Waals surface area (Å²) in [5.41, 5.74) is 11.9. The van der Waals surface area contributed by atoms with Crippen LogP contribution in [0.2, 0.25) is 0 Å². The zero-order valence-electron chi connectivity index (χ0n) is 17.8. The molecule has 0 unspecified atom stereocenters. The second kappa shape index (κ2) is 16.4. The summed E-state index contributed by atoms with van der Waals surface area (Å²) in [6.45, 7) is 18.5. The lowest BCUT2D eigenvalue weighted by Crippen LogP contribution is -2.41. The minimum absolute atomic E-state index is 0.00159. The molecule has 0 rings (SSSR count). The van der Waals surface area contributed by atoms with Gasteiger partial charge in [0.25, 0.3) is 0 Å². The van der Waals surface area contributed by atoms with Crippen molar-refractivity contribution in [2.45, 2.75) is 72.1 Å². The van der Waals surface area contributed by atoms with Crippen LogP contribution < -0.4 is 16.8 Å². The Hall–Kier alpha value is -0.0400. The second-order valence-electron chi connectivity index (χ2n) is 6.60. The Morgan fingerprint density at radius 1 is 1.08 bits per heavy atom. The molecule has 5 N–H and O–H groups in total. The molecule has 148 valence electrons. The van der Waals surface area contributed by atoms with Crippen molar-refractivity contribution in [2.75, 3.05) is 32.9 Å². The van der Waals surface area contributed by atoms with Crippen molar-refractivity contribution in [3.05, 3.63) is 11.9 Å². The number of nitrogens with zero attached hydrogens (tertiary/aromatic N) is 1. The van der Waals surface area contributed by atoms with E-state index in [1.54, 1.807) is 0 Å². The summed E-state index contributed by atoms with van der Waals surface area (Å²) in [4.78, 5) is 2.21. The van der Waals surface area contributed by atoms with E-state index in [2.05, 4.69) is 52.0 Å². The molecule has 4 nitrogen and oxygen atoms in total. The molecule has 0 fully saturated rings. The highest BCUT2D eigenvalue weighted by Crippen LogP contribution is 2.40. The summed E-state index contributed by atoms with van der Waals surface area (Å²) in [5.74, 6) is 1.15. The van der Waals surface area contributed by atoms with Crippen LogP contribution in [0.5, 0.6) is 0 Å². The molecule has 0 aromatic rings. The summed E-state index contributed by atoms with van der Waals surface area (Å²) in [5, 5.41) is 3.38. The highest BCUT2D eigenvalue weighted by Gasteiger charge is 2.28. The smallest absolute Gasteiger partial charge is 0.0379 e. The van der Waals surface area contributed by atoms with Gasteiger partial charge >= 0.3 is 0 Å². The first-order valence-electron chi connectivity index (χ1n) is 8.96. The summed E-state index contributed by atoms with van der Waals surface area (Å²) in [6, 6.07) is 0. The fourth-order valence-electron chi connectivity index (χ4n) is 1.91. The maximum Gasteiger partial charge on any atom is 0.0379 e. The molecule has 0 aromatic heterocycles. The average molecular weight is 381 g/mol. The summed E-state index contributed by atoms with van der Waals surface area (Å²) in [6.07, 6.45) is 2.88. The van der Waals surface area contributed by atoms with E-state index in [-0.39, 0.29) is 10.3 Å². The molecular formula is C18H44N4S2. The third kappa shape index (κ3) is 20.0. The fraction of sp³-hybridized carbons (Fsp3) is 0.889. The third-order valence-electron chi connectivity index (χ3n) is 2.66. The number of hydrogen-bond donors (Lipinski definition) is 3. The van der Waals surface area contributed by atoms with Gasteiger partial charge in [0.2, 0.25) is 0 Å². The maximum atomic E-state index is 5.73. The largest absolute Gasteiger partial charge is 0.400 e. The second-order valence-corrected chi connectivity index (χ2v) is 9.72. The molecule has 0 saturated carbocycles. The van der Waals surface area contributed by atoms with Crippen molar-refractivity contribution >= 4 is 21.6 Å². The van der Waals surface area contributed by atoms with Gasteiger partial charge in [0, 0.05) is 41.0 Å². The van der Waals surface area contributed by atoms with Gasteiger partial charge in [0.05, 0.1) is 0 Å². The first-order chi connectivity index (χ1) is 11.1. The number of nitrogens with two attached hydrogens (primary N) is 2. The normalized spacial score (nSPS) is 12.1. The standard InChI is InChI=1S/C14H32N4S2.2C2H6/c1-13(2,17-10-12(16)9-15)11-14(3,4)20-19-8-7-18(5)6;2*1-2/h10,17H,7-9,11,15-16H2,1-6H3;2*1-2H3/b12-10-;;. The van der Waals surface area contributed by atoms with Crippen molar-refractivity contribution in [3.8, 4) is 0 Å². The predicted molar refractivity (Wildman–Crippen MR) is 119 cm³/mol. The molecular weight excluding hydrogens is 336 g/mol. The molecule has 0 amide bonds. The predicted octanol–water partition coefficient (Wildman–Crippen LogP) is 4.28. The van der Waals surface area contributed by atoms with E-state index in [0.29, 0.717) is 12.2 Å². The van der Waals surface area contributed by atoms with E-state index in [9.17, 15) is 0 Å². The van der Waals surface area contributed by atoms with Gasteiger partial charge in [-0.1, -0.05) is 49.3 Å². The van der Waals surface area contributed by atoms with Gasteiger partial charge in [0.15, 0.2) is 0 Å². The Labute approximate surface area is 160 Å². The Morgan fingerprint density at radius 2 is 1.58 bits per heavy atom. The molecule has 0 spiro atoms. The van der Waals surface area contributed by atoms with E-state index >= 15 is 0 Å². The highest BCUT2D eigenvalue weighted by atomic mass is 33.1. The summed E-state index contributed by atoms with van der Waals surface area (Å²) < 4.78 is 0.207. The van der Waals surface area contributed by atoms with Gasteiger partial charge in [-0.05, 0) is 48.2 Å². The van der Waals surface area contributed by atoms with E-state index in [4.69, 9.17) is 11.5 Å². The zero-order valence-corrected chi connectivity index (χ0v) is 19.5. The average Bonchev–Trinajstić information content (AvgIpc) is 2.52. The number of nitrogens with one attached hydrogen (secondary N) is 1. The first-order valence-corrected chi connectivity index (χ1v) is 11.3. The van der Waals surface area contributed by atoms with Crippen LogP contribution in [0.3, 0.4) is 0 Å². The lowest BCUT2D eigenvalue weighted by atomic mass is 9.92. The van der Waals surface area contributed by atoms with Gasteiger partial charge in [-0.15, -0.1) is 0 Å². The quantitative estimate of drug-likeness (QED) is 0.388. The molecule has 0 aliphatic carbocycles. The maximum absolute atomic E-state index is 5.73. The van der Waals surface area contributed by atoms with Crippen LogP contribution in [0, 0.1) is 0 Å². The highest BCUT2D eigenvalue weighted by molar-refractivity contribution is 8.77. The Kier molecular flexibility index (Phi) is 19.7. The van der Waals surface area contributed by atoms with E-state index in [1.807, 2.05) is 55.5 Å².